The summed E-state index contributed by atoms with van der Waals surface area (Å²) in [5.41, 5.74) is 0.534. The van der Waals surface area contributed by atoms with Gasteiger partial charge in [-0.15, -0.1) is 11.3 Å². The van der Waals surface area contributed by atoms with Crippen molar-refractivity contribution in [2.24, 2.45) is 0 Å². The van der Waals surface area contributed by atoms with Crippen LogP contribution < -0.4 is 0 Å². The fourth-order valence-corrected chi connectivity index (χ4v) is 3.79. The number of halogens is 1. The molecule has 1 rings (SSSR count). The largest absolute Gasteiger partial charge is 0.460 e. The molecule has 0 aliphatic rings. The lowest BCUT2D eigenvalue weighted by atomic mass is 10.2. The first-order valence-corrected chi connectivity index (χ1v) is 8.34. The van der Waals surface area contributed by atoms with Gasteiger partial charge >= 0.3 is 5.97 Å². The lowest BCUT2D eigenvalue weighted by Crippen LogP contribution is -2.11. The average Bonchev–Trinajstić information content (AvgIpc) is 2.66. The molecular formula is C10H13ClO5S2. The molecule has 0 aromatic carbocycles. The Balaban J connectivity index is 2.73. The number of rotatable bonds is 6. The van der Waals surface area contributed by atoms with Crippen molar-refractivity contribution in [1.82, 2.24) is 0 Å². The molecule has 0 spiro atoms. The van der Waals surface area contributed by atoms with E-state index < -0.39 is 15.0 Å². The van der Waals surface area contributed by atoms with Crippen molar-refractivity contribution < 1.29 is 22.7 Å². The van der Waals surface area contributed by atoms with Crippen molar-refractivity contribution in [3.8, 4) is 0 Å². The van der Waals surface area contributed by atoms with Crippen molar-refractivity contribution in [2.45, 2.75) is 18.1 Å². The SMILES string of the molecule is CCOCCOC(=O)c1csc(S(=O)(=O)Cl)c1C. The van der Waals surface area contributed by atoms with E-state index in [1.807, 2.05) is 6.92 Å². The Morgan fingerprint density at radius 2 is 2.11 bits per heavy atom. The summed E-state index contributed by atoms with van der Waals surface area (Å²) in [6.45, 7) is 4.34. The molecule has 0 N–H and O–H groups in total. The predicted octanol–water partition coefficient (Wildman–Crippen LogP) is 2.18. The van der Waals surface area contributed by atoms with Crippen molar-refractivity contribution in [3.05, 3.63) is 16.5 Å². The van der Waals surface area contributed by atoms with Crippen LogP contribution in [0.3, 0.4) is 0 Å². The number of hydrogen-bond acceptors (Lipinski definition) is 6. The van der Waals surface area contributed by atoms with Crippen molar-refractivity contribution in [3.63, 3.8) is 0 Å². The number of ether oxygens (including phenoxy) is 2. The van der Waals surface area contributed by atoms with Gasteiger partial charge in [0.05, 0.1) is 12.2 Å². The third kappa shape index (κ3) is 3.94. The maximum atomic E-state index is 11.7. The highest BCUT2D eigenvalue weighted by atomic mass is 35.7. The molecule has 102 valence electrons. The first-order valence-electron chi connectivity index (χ1n) is 5.15. The molecule has 0 unspecified atom stereocenters. The summed E-state index contributed by atoms with van der Waals surface area (Å²) < 4.78 is 32.3. The molecule has 1 heterocycles. The van der Waals surface area contributed by atoms with Gasteiger partial charge in [-0.05, 0) is 19.4 Å². The van der Waals surface area contributed by atoms with Gasteiger partial charge in [0.1, 0.15) is 10.8 Å². The maximum Gasteiger partial charge on any atom is 0.339 e. The van der Waals surface area contributed by atoms with E-state index in [-0.39, 0.29) is 16.4 Å². The zero-order chi connectivity index (χ0) is 13.8. The van der Waals surface area contributed by atoms with Crippen LogP contribution in [0.25, 0.3) is 0 Å². The lowest BCUT2D eigenvalue weighted by molar-refractivity contribution is 0.0335. The molecule has 0 aliphatic carbocycles. The summed E-state index contributed by atoms with van der Waals surface area (Å²) in [4.78, 5) is 11.7. The predicted molar refractivity (Wildman–Crippen MR) is 68.9 cm³/mol. The fraction of sp³-hybridized carbons (Fsp3) is 0.500. The normalized spacial score (nSPS) is 11.5. The molecule has 0 fully saturated rings. The molecule has 0 bridgehead atoms. The third-order valence-electron chi connectivity index (χ3n) is 2.10. The Morgan fingerprint density at radius 1 is 1.44 bits per heavy atom. The average molecular weight is 313 g/mol. The number of esters is 1. The zero-order valence-electron chi connectivity index (χ0n) is 9.93. The number of carbonyl (C=O) groups is 1. The highest BCUT2D eigenvalue weighted by molar-refractivity contribution is 8.15. The van der Waals surface area contributed by atoms with E-state index in [9.17, 15) is 13.2 Å². The Labute approximate surface area is 114 Å². The monoisotopic (exact) mass is 312 g/mol. The molecule has 18 heavy (non-hydrogen) atoms. The molecule has 0 radical (unpaired) electrons. The Kier molecular flexibility index (Phi) is 5.58. The van der Waals surface area contributed by atoms with E-state index in [4.69, 9.17) is 20.2 Å². The van der Waals surface area contributed by atoms with Crippen molar-refractivity contribution in [2.75, 3.05) is 19.8 Å². The standard InChI is InChI=1S/C10H13ClO5S2/c1-3-15-4-5-16-9(12)8-6-17-10(7(8)2)18(11,13)14/h6H,3-5H2,1-2H3. The Bertz CT molecular complexity index is 520. The van der Waals surface area contributed by atoms with Crippen LogP contribution >= 0.6 is 22.0 Å². The van der Waals surface area contributed by atoms with Crippen LogP contribution in [0.1, 0.15) is 22.8 Å². The minimum atomic E-state index is -3.82. The van der Waals surface area contributed by atoms with Gasteiger partial charge in [-0.3, -0.25) is 0 Å². The van der Waals surface area contributed by atoms with Crippen LogP contribution in [-0.2, 0) is 18.5 Å². The Morgan fingerprint density at radius 3 is 2.61 bits per heavy atom. The summed E-state index contributed by atoms with van der Waals surface area (Å²) in [5.74, 6) is -0.574. The Hall–Kier alpha value is -0.630. The molecule has 1 aromatic heterocycles. The van der Waals surface area contributed by atoms with Gasteiger partial charge in [0.2, 0.25) is 0 Å². The second-order valence-corrected chi connectivity index (χ2v) is 6.97. The zero-order valence-corrected chi connectivity index (χ0v) is 12.3. The molecular weight excluding hydrogens is 300 g/mol. The second kappa shape index (κ2) is 6.51. The van der Waals surface area contributed by atoms with Gasteiger partial charge in [-0.2, -0.15) is 0 Å². The highest BCUT2D eigenvalue weighted by Crippen LogP contribution is 2.29. The summed E-state index contributed by atoms with van der Waals surface area (Å²) in [6.07, 6.45) is 0. The molecule has 0 saturated heterocycles. The van der Waals surface area contributed by atoms with Crippen molar-refractivity contribution >= 4 is 37.0 Å². The van der Waals surface area contributed by atoms with E-state index >= 15 is 0 Å². The molecule has 8 heteroatoms. The van der Waals surface area contributed by atoms with Crippen molar-refractivity contribution in [1.29, 1.82) is 0 Å². The molecule has 0 amide bonds. The quantitative estimate of drug-likeness (QED) is 0.457. The van der Waals surface area contributed by atoms with Gasteiger partial charge in [-0.25, -0.2) is 13.2 Å². The molecule has 0 atom stereocenters. The number of hydrogen-bond donors (Lipinski definition) is 0. The highest BCUT2D eigenvalue weighted by Gasteiger charge is 2.22. The molecule has 0 saturated carbocycles. The van der Waals surface area contributed by atoms with Crippen LogP contribution in [0.2, 0.25) is 0 Å². The van der Waals surface area contributed by atoms with E-state index in [0.29, 0.717) is 18.8 Å². The lowest BCUT2D eigenvalue weighted by Gasteiger charge is -2.04. The molecule has 1 aromatic rings. The first kappa shape index (κ1) is 15.4. The number of thiophene rings is 1. The van der Waals surface area contributed by atoms with Crippen LogP contribution in [0.15, 0.2) is 9.59 Å². The molecule has 5 nitrogen and oxygen atoms in total. The van der Waals surface area contributed by atoms with E-state index in [0.717, 1.165) is 11.3 Å². The van der Waals surface area contributed by atoms with E-state index in [2.05, 4.69) is 0 Å². The summed E-state index contributed by atoms with van der Waals surface area (Å²) in [5, 5.41) is 1.42. The summed E-state index contributed by atoms with van der Waals surface area (Å²) in [6, 6.07) is 0. The smallest absolute Gasteiger partial charge is 0.339 e. The van der Waals surface area contributed by atoms with Gasteiger partial charge in [-0.1, -0.05) is 0 Å². The van der Waals surface area contributed by atoms with Gasteiger partial charge in [0.15, 0.2) is 0 Å². The summed E-state index contributed by atoms with van der Waals surface area (Å²) >= 11 is 0.903. The molecule has 0 aliphatic heterocycles. The van der Waals surface area contributed by atoms with Crippen LogP contribution in [0, 0.1) is 6.92 Å². The topological polar surface area (TPSA) is 69.7 Å². The second-order valence-electron chi connectivity index (χ2n) is 3.33. The van der Waals surface area contributed by atoms with E-state index in [1.54, 1.807) is 0 Å². The third-order valence-corrected chi connectivity index (χ3v) is 5.41. The van der Waals surface area contributed by atoms with Crippen LogP contribution in [0.4, 0.5) is 0 Å². The minimum Gasteiger partial charge on any atom is -0.460 e. The summed E-state index contributed by atoms with van der Waals surface area (Å²) in [7, 11) is 1.42. The van der Waals surface area contributed by atoms with Crippen LogP contribution in [0.5, 0.6) is 0 Å². The first-order chi connectivity index (χ1) is 8.38. The maximum absolute atomic E-state index is 11.7. The van der Waals surface area contributed by atoms with Gasteiger partial charge < -0.3 is 9.47 Å². The fourth-order valence-electron chi connectivity index (χ4n) is 1.26. The van der Waals surface area contributed by atoms with Gasteiger partial charge in [0, 0.05) is 22.7 Å². The number of carbonyl (C=O) groups excluding carboxylic acids is 1. The van der Waals surface area contributed by atoms with Crippen LogP contribution in [-0.4, -0.2) is 34.2 Å². The minimum absolute atomic E-state index is 0.0269. The van der Waals surface area contributed by atoms with Gasteiger partial charge in [0.25, 0.3) is 9.05 Å². The van der Waals surface area contributed by atoms with E-state index in [1.165, 1.54) is 12.3 Å².